The molecule has 0 radical (unpaired) electrons. The van der Waals surface area contributed by atoms with Crippen LogP contribution in [0.5, 0.6) is 17.2 Å². The summed E-state index contributed by atoms with van der Waals surface area (Å²) in [4.78, 5) is 29.2. The number of amides is 2. The Labute approximate surface area is 211 Å². The first-order valence-corrected chi connectivity index (χ1v) is 12.0. The fourth-order valence-electron chi connectivity index (χ4n) is 4.68. The second kappa shape index (κ2) is 11.7. The van der Waals surface area contributed by atoms with Gasteiger partial charge in [0.25, 0.3) is 5.91 Å². The summed E-state index contributed by atoms with van der Waals surface area (Å²) in [5.74, 6) is 1.04. The van der Waals surface area contributed by atoms with E-state index in [1.165, 1.54) is 18.3 Å². The summed E-state index contributed by atoms with van der Waals surface area (Å²) in [6, 6.07) is 15.0. The molecule has 1 atom stereocenters. The third-order valence-corrected chi connectivity index (χ3v) is 6.49. The molecule has 4 rings (SSSR count). The van der Waals surface area contributed by atoms with Crippen molar-refractivity contribution >= 4 is 11.8 Å². The maximum atomic E-state index is 13.9. The molecule has 190 valence electrons. The van der Waals surface area contributed by atoms with E-state index in [9.17, 15) is 9.59 Å². The minimum absolute atomic E-state index is 0.0677. The van der Waals surface area contributed by atoms with E-state index in [4.69, 9.17) is 18.6 Å². The zero-order valence-corrected chi connectivity index (χ0v) is 20.9. The van der Waals surface area contributed by atoms with Crippen LogP contribution in [0.1, 0.15) is 53.4 Å². The molecule has 0 spiro atoms. The molecule has 1 saturated carbocycles. The lowest BCUT2D eigenvalue weighted by Gasteiger charge is -2.32. The molecule has 1 aliphatic carbocycles. The van der Waals surface area contributed by atoms with Crippen LogP contribution in [0, 0.1) is 0 Å². The molecule has 2 aromatic carbocycles. The van der Waals surface area contributed by atoms with Crippen molar-refractivity contribution in [3.05, 3.63) is 77.7 Å². The Bertz CT molecular complexity index is 1150. The molecule has 1 heterocycles. The largest absolute Gasteiger partial charge is 0.497 e. The normalized spacial score (nSPS) is 14.2. The van der Waals surface area contributed by atoms with E-state index < -0.39 is 11.9 Å². The molecule has 1 N–H and O–H groups in total. The highest BCUT2D eigenvalue weighted by molar-refractivity contribution is 5.96. The third-order valence-electron chi connectivity index (χ3n) is 6.49. The van der Waals surface area contributed by atoms with Crippen molar-refractivity contribution in [3.63, 3.8) is 0 Å². The van der Waals surface area contributed by atoms with Crippen molar-refractivity contribution in [2.75, 3.05) is 21.3 Å². The Hall–Kier alpha value is -3.94. The first kappa shape index (κ1) is 25.2. The third kappa shape index (κ3) is 5.48. The summed E-state index contributed by atoms with van der Waals surface area (Å²) in [7, 11) is 4.66. The zero-order valence-electron chi connectivity index (χ0n) is 20.9. The van der Waals surface area contributed by atoms with Gasteiger partial charge in [-0.3, -0.25) is 9.59 Å². The van der Waals surface area contributed by atoms with Gasteiger partial charge in [0.2, 0.25) is 5.91 Å². The molecule has 1 aromatic heterocycles. The molecule has 0 unspecified atom stereocenters. The number of furan rings is 1. The van der Waals surface area contributed by atoms with E-state index in [2.05, 4.69) is 5.32 Å². The summed E-state index contributed by atoms with van der Waals surface area (Å²) >= 11 is 0. The van der Waals surface area contributed by atoms with Crippen LogP contribution in [0.3, 0.4) is 0 Å². The lowest BCUT2D eigenvalue weighted by molar-refractivity contribution is -0.126. The van der Waals surface area contributed by atoms with E-state index in [0.29, 0.717) is 22.8 Å². The summed E-state index contributed by atoms with van der Waals surface area (Å²) in [6.45, 7) is 0.159. The van der Waals surface area contributed by atoms with Crippen LogP contribution in [-0.2, 0) is 11.3 Å². The lowest BCUT2D eigenvalue weighted by atomic mass is 10.00. The molecule has 1 fully saturated rings. The Kier molecular flexibility index (Phi) is 8.15. The van der Waals surface area contributed by atoms with Crippen molar-refractivity contribution in [1.29, 1.82) is 0 Å². The fraction of sp³-hybridized carbons (Fsp3) is 0.357. The molecule has 8 nitrogen and oxygen atoms in total. The smallest absolute Gasteiger partial charge is 0.290 e. The molecule has 36 heavy (non-hydrogen) atoms. The Balaban J connectivity index is 1.81. The first-order valence-electron chi connectivity index (χ1n) is 12.0. The number of benzene rings is 2. The second-order valence-electron chi connectivity index (χ2n) is 8.73. The second-order valence-corrected chi connectivity index (χ2v) is 8.73. The van der Waals surface area contributed by atoms with E-state index in [0.717, 1.165) is 31.2 Å². The summed E-state index contributed by atoms with van der Waals surface area (Å²) in [5.41, 5.74) is 1.36. The lowest BCUT2D eigenvalue weighted by Crippen LogP contribution is -2.46. The minimum atomic E-state index is -0.990. The van der Waals surface area contributed by atoms with Gasteiger partial charge in [0.05, 0.1) is 27.6 Å². The molecule has 3 aromatic rings. The predicted octanol–water partition coefficient (Wildman–Crippen LogP) is 4.75. The van der Waals surface area contributed by atoms with Gasteiger partial charge in [-0.1, -0.05) is 37.1 Å². The monoisotopic (exact) mass is 492 g/mol. The average molecular weight is 493 g/mol. The van der Waals surface area contributed by atoms with Gasteiger partial charge in [0, 0.05) is 18.2 Å². The first-order chi connectivity index (χ1) is 17.5. The van der Waals surface area contributed by atoms with Gasteiger partial charge in [-0.2, -0.15) is 0 Å². The topological polar surface area (TPSA) is 90.2 Å². The van der Waals surface area contributed by atoms with Gasteiger partial charge in [0.1, 0.15) is 11.8 Å². The van der Waals surface area contributed by atoms with E-state index in [-0.39, 0.29) is 24.3 Å². The zero-order chi connectivity index (χ0) is 25.5. The quantitative estimate of drug-likeness (QED) is 0.439. The van der Waals surface area contributed by atoms with Gasteiger partial charge >= 0.3 is 0 Å². The highest BCUT2D eigenvalue weighted by Gasteiger charge is 2.37. The summed E-state index contributed by atoms with van der Waals surface area (Å²) in [6.07, 6.45) is 5.41. The standard InChI is InChI=1S/C28H32N2O6/c1-33-21-15-13-19(14-16-21)18-30(28(32)24-12-7-17-36-24)25(27(31)29-20-8-4-5-9-20)22-10-6-11-23(34-2)26(22)35-3/h6-7,10-17,20,25H,4-5,8-9,18H2,1-3H3,(H,29,31)/t25-/m0/s1. The maximum absolute atomic E-state index is 13.9. The van der Waals surface area contributed by atoms with Crippen LogP contribution >= 0.6 is 0 Å². The van der Waals surface area contributed by atoms with Crippen molar-refractivity contribution in [2.24, 2.45) is 0 Å². The Morgan fingerprint density at radius 3 is 2.33 bits per heavy atom. The van der Waals surface area contributed by atoms with Crippen molar-refractivity contribution < 1.29 is 28.2 Å². The van der Waals surface area contributed by atoms with Crippen molar-refractivity contribution in [1.82, 2.24) is 10.2 Å². The SMILES string of the molecule is COc1ccc(CN(C(=O)c2ccco2)[C@H](C(=O)NC2CCCC2)c2cccc(OC)c2OC)cc1. The summed E-state index contributed by atoms with van der Waals surface area (Å²) < 4.78 is 21.9. The van der Waals surface area contributed by atoms with Gasteiger partial charge < -0.3 is 28.8 Å². The van der Waals surface area contributed by atoms with Gasteiger partial charge in [-0.05, 0) is 48.7 Å². The molecule has 8 heteroatoms. The highest BCUT2D eigenvalue weighted by Crippen LogP contribution is 2.38. The number of carbonyl (C=O) groups excluding carboxylic acids is 2. The molecular formula is C28H32N2O6. The Morgan fingerprint density at radius 2 is 1.72 bits per heavy atom. The number of methoxy groups -OCH3 is 3. The number of carbonyl (C=O) groups is 2. The molecule has 0 saturated heterocycles. The number of hydrogen-bond donors (Lipinski definition) is 1. The predicted molar refractivity (Wildman–Crippen MR) is 134 cm³/mol. The van der Waals surface area contributed by atoms with Crippen LogP contribution in [0.2, 0.25) is 0 Å². The molecular weight excluding hydrogens is 460 g/mol. The Morgan fingerprint density at radius 1 is 0.972 bits per heavy atom. The van der Waals surface area contributed by atoms with Gasteiger partial charge in [-0.15, -0.1) is 0 Å². The van der Waals surface area contributed by atoms with Crippen molar-refractivity contribution in [2.45, 2.75) is 44.3 Å². The van der Waals surface area contributed by atoms with E-state index in [1.54, 1.807) is 44.6 Å². The minimum Gasteiger partial charge on any atom is -0.497 e. The van der Waals surface area contributed by atoms with Crippen LogP contribution in [0.25, 0.3) is 0 Å². The number of nitrogens with zero attached hydrogens (tertiary/aromatic N) is 1. The number of nitrogens with one attached hydrogen (secondary N) is 1. The number of hydrogen-bond acceptors (Lipinski definition) is 6. The fourth-order valence-corrected chi connectivity index (χ4v) is 4.68. The van der Waals surface area contributed by atoms with Crippen LogP contribution in [0.4, 0.5) is 0 Å². The molecule has 0 aliphatic heterocycles. The van der Waals surface area contributed by atoms with E-state index in [1.807, 2.05) is 24.3 Å². The van der Waals surface area contributed by atoms with Crippen LogP contribution < -0.4 is 19.5 Å². The maximum Gasteiger partial charge on any atom is 0.290 e. The molecule has 0 bridgehead atoms. The average Bonchev–Trinajstić information content (AvgIpc) is 3.63. The number of para-hydroxylation sites is 1. The van der Waals surface area contributed by atoms with Crippen molar-refractivity contribution in [3.8, 4) is 17.2 Å². The molecule has 1 aliphatic rings. The van der Waals surface area contributed by atoms with Crippen LogP contribution in [-0.4, -0.2) is 44.1 Å². The molecule has 2 amide bonds. The van der Waals surface area contributed by atoms with Crippen LogP contribution in [0.15, 0.2) is 65.3 Å². The summed E-state index contributed by atoms with van der Waals surface area (Å²) in [5, 5.41) is 3.17. The van der Waals surface area contributed by atoms with E-state index >= 15 is 0 Å². The number of ether oxygens (including phenoxy) is 3. The van der Waals surface area contributed by atoms with Gasteiger partial charge in [0.15, 0.2) is 17.3 Å². The van der Waals surface area contributed by atoms with Gasteiger partial charge in [-0.25, -0.2) is 0 Å². The number of rotatable bonds is 10. The highest BCUT2D eigenvalue weighted by atomic mass is 16.5.